The van der Waals surface area contributed by atoms with Crippen molar-refractivity contribution < 1.29 is 9.84 Å². The van der Waals surface area contributed by atoms with Crippen molar-refractivity contribution in [1.29, 1.82) is 0 Å². The van der Waals surface area contributed by atoms with E-state index in [2.05, 4.69) is 41.3 Å². The number of methoxy groups -OCH3 is 1. The predicted octanol–water partition coefficient (Wildman–Crippen LogP) is 4.43. The van der Waals surface area contributed by atoms with Gasteiger partial charge >= 0.3 is 0 Å². The predicted molar refractivity (Wildman–Crippen MR) is 110 cm³/mol. The van der Waals surface area contributed by atoms with Crippen molar-refractivity contribution in [3.8, 4) is 0 Å². The molecule has 6 heteroatoms. The molecule has 0 aliphatic carbocycles. The molecule has 0 radical (unpaired) electrons. The van der Waals surface area contributed by atoms with Gasteiger partial charge in [0.15, 0.2) is 5.13 Å². The van der Waals surface area contributed by atoms with E-state index in [4.69, 9.17) is 9.84 Å². The molecule has 0 unspecified atom stereocenters. The van der Waals surface area contributed by atoms with Gasteiger partial charge in [-0.25, -0.2) is 4.98 Å². The van der Waals surface area contributed by atoms with Crippen LogP contribution in [0.3, 0.4) is 0 Å². The van der Waals surface area contributed by atoms with Gasteiger partial charge in [-0.2, -0.15) is 0 Å². The summed E-state index contributed by atoms with van der Waals surface area (Å²) in [7, 11) is 2.67. The quantitative estimate of drug-likeness (QED) is 0.828. The molecule has 0 atom stereocenters. The Bertz CT molecular complexity index is 587. The first-order valence-electron chi connectivity index (χ1n) is 8.48. The van der Waals surface area contributed by atoms with Crippen LogP contribution < -0.4 is 5.32 Å². The highest BCUT2D eigenvalue weighted by Crippen LogP contribution is 2.18. The minimum atomic E-state index is 0.378. The van der Waals surface area contributed by atoms with Gasteiger partial charge in [0.1, 0.15) is 11.5 Å². The third-order valence-corrected chi connectivity index (χ3v) is 3.57. The number of aromatic nitrogens is 1. The minimum Gasteiger partial charge on any atom is -0.497 e. The van der Waals surface area contributed by atoms with Crippen LogP contribution in [0.4, 0.5) is 5.13 Å². The molecule has 1 aliphatic heterocycles. The van der Waals surface area contributed by atoms with Gasteiger partial charge in [-0.1, -0.05) is 26.0 Å². The molecular weight excluding hydrogens is 334 g/mol. The Morgan fingerprint density at radius 2 is 1.88 bits per heavy atom. The van der Waals surface area contributed by atoms with Crippen molar-refractivity contribution >= 4 is 22.2 Å². The Morgan fingerprint density at radius 1 is 1.20 bits per heavy atom. The maximum atomic E-state index is 7.00. The lowest BCUT2D eigenvalue weighted by Crippen LogP contribution is -2.09. The van der Waals surface area contributed by atoms with Crippen molar-refractivity contribution in [3.05, 3.63) is 47.2 Å². The van der Waals surface area contributed by atoms with E-state index in [1.54, 1.807) is 18.4 Å². The summed E-state index contributed by atoms with van der Waals surface area (Å²) in [4.78, 5) is 9.20. The van der Waals surface area contributed by atoms with E-state index < -0.39 is 0 Å². The molecule has 2 rings (SSSR count). The van der Waals surface area contributed by atoms with Crippen LogP contribution in [0.2, 0.25) is 0 Å². The molecule has 0 spiro atoms. The summed E-state index contributed by atoms with van der Waals surface area (Å²) in [6.45, 7) is 8.79. The van der Waals surface area contributed by atoms with Gasteiger partial charge in [0.25, 0.3) is 0 Å². The molecule has 0 saturated carbocycles. The van der Waals surface area contributed by atoms with E-state index in [1.807, 2.05) is 37.5 Å². The van der Waals surface area contributed by atoms with Crippen molar-refractivity contribution in [2.24, 2.45) is 4.99 Å². The number of thiazole rings is 1. The molecule has 0 fully saturated rings. The molecule has 2 heterocycles. The Labute approximate surface area is 155 Å². The van der Waals surface area contributed by atoms with Crippen LogP contribution in [0, 0.1) is 0 Å². The van der Waals surface area contributed by atoms with E-state index in [1.165, 1.54) is 0 Å². The number of nitrogens with one attached hydrogen (secondary N) is 1. The lowest BCUT2D eigenvalue weighted by atomic mass is 10.2. The van der Waals surface area contributed by atoms with Crippen LogP contribution >= 0.6 is 11.3 Å². The van der Waals surface area contributed by atoms with Crippen molar-refractivity contribution in [3.63, 3.8) is 0 Å². The standard InChI is InChI=1S/C16H21N3OS.C2H6.CH4O/c1-12(2)18-16-19-15(11-21-16)14-8-6-4-5-7-13(20-3)9-10-17-14;2*1-2/h5-9,11-12H,4,10H2,1-3H3,(H,18,19);1-2H3;2H,1H3/b7-5-,8-6-,13-9+,17-14?;;. The number of aliphatic hydroxyl groups excluding tert-OH is 1. The normalized spacial score (nSPS) is 18.2. The fourth-order valence-corrected chi connectivity index (χ4v) is 2.67. The van der Waals surface area contributed by atoms with Crippen LogP contribution in [-0.4, -0.2) is 42.6 Å². The van der Waals surface area contributed by atoms with Gasteiger partial charge in [0.05, 0.1) is 19.4 Å². The van der Waals surface area contributed by atoms with Gasteiger partial charge in [-0.05, 0) is 38.5 Å². The number of ether oxygens (including phenoxy) is 1. The van der Waals surface area contributed by atoms with E-state index in [0.29, 0.717) is 12.6 Å². The summed E-state index contributed by atoms with van der Waals surface area (Å²) in [6.07, 6.45) is 11.0. The van der Waals surface area contributed by atoms with Crippen molar-refractivity contribution in [2.75, 3.05) is 26.1 Å². The number of hydrogen-bond donors (Lipinski definition) is 2. The maximum absolute atomic E-state index is 7.00. The number of aliphatic imine (C=N–C) groups is 1. The molecule has 0 aromatic carbocycles. The summed E-state index contributed by atoms with van der Waals surface area (Å²) in [5.41, 5.74) is 1.82. The molecule has 2 N–H and O–H groups in total. The smallest absolute Gasteiger partial charge is 0.183 e. The zero-order valence-corrected chi connectivity index (χ0v) is 16.9. The zero-order valence-electron chi connectivity index (χ0n) is 16.1. The van der Waals surface area contributed by atoms with Crippen molar-refractivity contribution in [2.45, 2.75) is 40.2 Å². The molecule has 25 heavy (non-hydrogen) atoms. The Kier molecular flexibility index (Phi) is 13.3. The minimum absolute atomic E-state index is 0.378. The van der Waals surface area contributed by atoms with Gasteiger partial charge in [-0.15, -0.1) is 11.3 Å². The SMILES string of the molecule is CC.CO.COC1=C/CN=C(c2csc(NC(C)C)n2)/C=C\C/C=C\1. The van der Waals surface area contributed by atoms with Gasteiger partial charge in [0.2, 0.25) is 0 Å². The fourth-order valence-electron chi connectivity index (χ4n) is 1.82. The number of hydrogen-bond acceptors (Lipinski definition) is 6. The maximum Gasteiger partial charge on any atom is 0.183 e. The highest BCUT2D eigenvalue weighted by Gasteiger charge is 2.07. The van der Waals surface area contributed by atoms with E-state index >= 15 is 0 Å². The lowest BCUT2D eigenvalue weighted by Gasteiger charge is -2.04. The monoisotopic (exact) mass is 365 g/mol. The molecular formula is C19H31N3O2S. The van der Waals surface area contributed by atoms with E-state index in [9.17, 15) is 0 Å². The summed E-state index contributed by atoms with van der Waals surface area (Å²) in [6, 6.07) is 0.378. The fraction of sp³-hybridized carbons (Fsp3) is 0.474. The molecule has 1 aliphatic rings. The second kappa shape index (κ2) is 14.4. The second-order valence-corrected chi connectivity index (χ2v) is 5.77. The summed E-state index contributed by atoms with van der Waals surface area (Å²) in [5.74, 6) is 0.842. The third kappa shape index (κ3) is 9.22. The topological polar surface area (TPSA) is 66.7 Å². The molecule has 1 aromatic rings. The molecule has 0 bridgehead atoms. The number of allylic oxidation sites excluding steroid dienone is 4. The number of anilines is 1. The van der Waals surface area contributed by atoms with Crippen LogP contribution in [0.25, 0.3) is 0 Å². The largest absolute Gasteiger partial charge is 0.497 e. The molecule has 5 nitrogen and oxygen atoms in total. The third-order valence-electron chi connectivity index (χ3n) is 2.80. The highest BCUT2D eigenvalue weighted by atomic mass is 32.1. The van der Waals surface area contributed by atoms with Gasteiger partial charge in [0, 0.05) is 18.5 Å². The first-order valence-corrected chi connectivity index (χ1v) is 9.36. The van der Waals surface area contributed by atoms with Crippen LogP contribution in [0.15, 0.2) is 46.5 Å². The number of rotatable bonds is 4. The number of nitrogens with zero attached hydrogens (tertiary/aromatic N) is 2. The first-order chi connectivity index (χ1) is 12.2. The highest BCUT2D eigenvalue weighted by molar-refractivity contribution is 7.13. The van der Waals surface area contributed by atoms with Crippen LogP contribution in [0.5, 0.6) is 0 Å². The summed E-state index contributed by atoms with van der Waals surface area (Å²) >= 11 is 1.61. The lowest BCUT2D eigenvalue weighted by molar-refractivity contribution is 0.305. The second-order valence-electron chi connectivity index (χ2n) is 4.91. The average Bonchev–Trinajstić information content (AvgIpc) is 3.10. The van der Waals surface area contributed by atoms with E-state index in [0.717, 1.165) is 35.8 Å². The van der Waals surface area contributed by atoms with Crippen molar-refractivity contribution in [1.82, 2.24) is 4.98 Å². The molecule has 0 saturated heterocycles. The Morgan fingerprint density at radius 3 is 2.52 bits per heavy atom. The van der Waals surface area contributed by atoms with E-state index in [-0.39, 0.29) is 0 Å². The molecule has 140 valence electrons. The molecule has 0 amide bonds. The van der Waals surface area contributed by atoms with Gasteiger partial charge < -0.3 is 15.2 Å². The number of aliphatic hydroxyl groups is 1. The summed E-state index contributed by atoms with van der Waals surface area (Å²) in [5, 5.41) is 13.3. The Balaban J connectivity index is 0.00000134. The van der Waals surface area contributed by atoms with Crippen LogP contribution in [0.1, 0.15) is 39.8 Å². The van der Waals surface area contributed by atoms with Gasteiger partial charge in [-0.3, -0.25) is 4.99 Å². The molecule has 1 aromatic heterocycles. The average molecular weight is 366 g/mol. The van der Waals surface area contributed by atoms with Crippen LogP contribution in [-0.2, 0) is 4.74 Å². The summed E-state index contributed by atoms with van der Waals surface area (Å²) < 4.78 is 5.27. The Hall–Kier alpha value is -1.92. The first kappa shape index (κ1) is 23.1. The zero-order chi connectivity index (χ0) is 19.1.